The Hall–Kier alpha value is -0.710. The highest BCUT2D eigenvalue weighted by molar-refractivity contribution is 9.08. The Kier molecular flexibility index (Phi) is 2.85. The van der Waals surface area contributed by atoms with Crippen molar-refractivity contribution in [2.75, 3.05) is 5.73 Å². The van der Waals surface area contributed by atoms with Crippen LogP contribution in [0.1, 0.15) is 11.1 Å². The van der Waals surface area contributed by atoms with Gasteiger partial charge in [-0.2, -0.15) is 13.2 Å². The quantitative estimate of drug-likeness (QED) is 0.604. The molecule has 72 valence electrons. The van der Waals surface area contributed by atoms with Gasteiger partial charge in [0.05, 0.1) is 5.56 Å². The molecule has 1 nitrogen and oxygen atoms in total. The average Bonchev–Trinajstić information content (AvgIpc) is 2.01. The van der Waals surface area contributed by atoms with E-state index in [0.717, 1.165) is 11.6 Å². The second-order valence-corrected chi connectivity index (χ2v) is 3.11. The average molecular weight is 254 g/mol. The largest absolute Gasteiger partial charge is 0.418 e. The molecule has 13 heavy (non-hydrogen) atoms. The number of alkyl halides is 4. The molecule has 0 saturated carbocycles. The molecule has 5 heteroatoms. The molecule has 0 radical (unpaired) electrons. The summed E-state index contributed by atoms with van der Waals surface area (Å²) < 4.78 is 36.6. The summed E-state index contributed by atoms with van der Waals surface area (Å²) in [5.74, 6) is 0. The summed E-state index contributed by atoms with van der Waals surface area (Å²) in [4.78, 5) is 0. The van der Waals surface area contributed by atoms with Crippen LogP contribution in [-0.2, 0) is 11.5 Å². The number of rotatable bonds is 1. The molecular formula is C8H7BrF3N. The molecule has 0 aromatic heterocycles. The van der Waals surface area contributed by atoms with Crippen LogP contribution in [0.2, 0.25) is 0 Å². The lowest BCUT2D eigenvalue weighted by atomic mass is 10.1. The number of halogens is 4. The van der Waals surface area contributed by atoms with Gasteiger partial charge in [-0.15, -0.1) is 0 Å². The number of nitrogen functional groups attached to an aromatic ring is 1. The molecule has 0 heterocycles. The zero-order valence-electron chi connectivity index (χ0n) is 6.53. The fourth-order valence-corrected chi connectivity index (χ4v) is 1.30. The summed E-state index contributed by atoms with van der Waals surface area (Å²) in [5.41, 5.74) is 4.96. The van der Waals surface area contributed by atoms with E-state index < -0.39 is 11.7 Å². The minimum Gasteiger partial charge on any atom is -0.398 e. The Morgan fingerprint density at radius 3 is 2.31 bits per heavy atom. The SMILES string of the molecule is Nc1cc(CBr)ccc1C(F)(F)F. The van der Waals surface area contributed by atoms with Crippen LogP contribution in [-0.4, -0.2) is 0 Å². The molecule has 0 aliphatic heterocycles. The first kappa shape index (κ1) is 10.4. The zero-order valence-corrected chi connectivity index (χ0v) is 8.11. The van der Waals surface area contributed by atoms with Crippen molar-refractivity contribution in [3.8, 4) is 0 Å². The minimum atomic E-state index is -4.37. The molecular weight excluding hydrogens is 247 g/mol. The van der Waals surface area contributed by atoms with Gasteiger partial charge in [0.25, 0.3) is 0 Å². The molecule has 1 aromatic rings. The van der Waals surface area contributed by atoms with E-state index in [1.807, 2.05) is 0 Å². The second-order valence-electron chi connectivity index (χ2n) is 2.55. The molecule has 0 bridgehead atoms. The van der Waals surface area contributed by atoms with Crippen LogP contribution in [0, 0.1) is 0 Å². The first-order valence-electron chi connectivity index (χ1n) is 3.46. The molecule has 1 aromatic carbocycles. The van der Waals surface area contributed by atoms with Crippen molar-refractivity contribution in [1.82, 2.24) is 0 Å². The van der Waals surface area contributed by atoms with E-state index in [1.165, 1.54) is 12.1 Å². The Morgan fingerprint density at radius 2 is 1.92 bits per heavy atom. The molecule has 1 rings (SSSR count). The first-order valence-corrected chi connectivity index (χ1v) is 4.59. The summed E-state index contributed by atoms with van der Waals surface area (Å²) in [5, 5.41) is 0.495. The van der Waals surface area contributed by atoms with Crippen LogP contribution in [0.4, 0.5) is 18.9 Å². The van der Waals surface area contributed by atoms with Crippen molar-refractivity contribution in [3.63, 3.8) is 0 Å². The third-order valence-electron chi connectivity index (χ3n) is 1.58. The van der Waals surface area contributed by atoms with Crippen molar-refractivity contribution in [2.45, 2.75) is 11.5 Å². The number of hydrogen-bond acceptors (Lipinski definition) is 1. The Balaban J connectivity index is 3.13. The molecule has 0 atom stereocenters. The van der Waals surface area contributed by atoms with Crippen LogP contribution in [0.15, 0.2) is 18.2 Å². The summed E-state index contributed by atoms with van der Waals surface area (Å²) >= 11 is 3.13. The van der Waals surface area contributed by atoms with Crippen LogP contribution in [0.25, 0.3) is 0 Å². The molecule has 0 aliphatic carbocycles. The molecule has 0 saturated heterocycles. The minimum absolute atomic E-state index is 0.232. The van der Waals surface area contributed by atoms with E-state index in [0.29, 0.717) is 5.33 Å². The topological polar surface area (TPSA) is 26.0 Å². The second kappa shape index (κ2) is 3.57. The maximum Gasteiger partial charge on any atom is 0.418 e. The fourth-order valence-electron chi connectivity index (χ4n) is 0.953. The van der Waals surface area contributed by atoms with Crippen LogP contribution in [0.5, 0.6) is 0 Å². The predicted octanol–water partition coefficient (Wildman–Crippen LogP) is 3.18. The Bertz CT molecular complexity index is 309. The van der Waals surface area contributed by atoms with Gasteiger partial charge in [0, 0.05) is 11.0 Å². The van der Waals surface area contributed by atoms with Crippen LogP contribution < -0.4 is 5.73 Å². The molecule has 0 unspecified atom stereocenters. The number of anilines is 1. The monoisotopic (exact) mass is 253 g/mol. The van der Waals surface area contributed by atoms with Gasteiger partial charge in [-0.1, -0.05) is 22.0 Å². The van der Waals surface area contributed by atoms with Crippen molar-refractivity contribution < 1.29 is 13.2 Å². The van der Waals surface area contributed by atoms with E-state index in [4.69, 9.17) is 5.73 Å². The highest BCUT2D eigenvalue weighted by atomic mass is 79.9. The maximum atomic E-state index is 12.2. The van der Waals surface area contributed by atoms with Gasteiger partial charge in [-0.3, -0.25) is 0 Å². The van der Waals surface area contributed by atoms with Gasteiger partial charge in [-0.25, -0.2) is 0 Å². The van der Waals surface area contributed by atoms with E-state index in [2.05, 4.69) is 15.9 Å². The van der Waals surface area contributed by atoms with Gasteiger partial charge in [0.1, 0.15) is 0 Å². The van der Waals surface area contributed by atoms with Crippen LogP contribution >= 0.6 is 15.9 Å². The first-order chi connectivity index (χ1) is 5.95. The summed E-state index contributed by atoms with van der Waals surface area (Å²) in [6, 6.07) is 3.71. The Morgan fingerprint density at radius 1 is 1.31 bits per heavy atom. The summed E-state index contributed by atoms with van der Waals surface area (Å²) in [6.45, 7) is 0. The number of nitrogens with two attached hydrogens (primary N) is 1. The molecule has 0 fully saturated rings. The molecule has 0 aliphatic rings. The predicted molar refractivity (Wildman–Crippen MR) is 48.5 cm³/mol. The lowest BCUT2D eigenvalue weighted by Gasteiger charge is -2.10. The Labute approximate surface area is 81.9 Å². The lowest BCUT2D eigenvalue weighted by molar-refractivity contribution is -0.136. The zero-order chi connectivity index (χ0) is 10.1. The van der Waals surface area contributed by atoms with E-state index >= 15 is 0 Å². The number of benzene rings is 1. The molecule has 2 N–H and O–H groups in total. The van der Waals surface area contributed by atoms with E-state index in [-0.39, 0.29) is 5.69 Å². The standard InChI is InChI=1S/C8H7BrF3N/c9-4-5-1-2-6(7(13)3-5)8(10,11)12/h1-3H,4,13H2. The van der Waals surface area contributed by atoms with Crippen molar-refractivity contribution in [1.29, 1.82) is 0 Å². The van der Waals surface area contributed by atoms with E-state index in [1.54, 1.807) is 0 Å². The summed E-state index contributed by atoms with van der Waals surface area (Å²) in [6.07, 6.45) is -4.37. The molecule has 0 amide bonds. The third-order valence-corrected chi connectivity index (χ3v) is 2.22. The highest BCUT2D eigenvalue weighted by Gasteiger charge is 2.32. The number of hydrogen-bond donors (Lipinski definition) is 1. The molecule has 0 spiro atoms. The summed E-state index contributed by atoms with van der Waals surface area (Å²) in [7, 11) is 0. The lowest BCUT2D eigenvalue weighted by Crippen LogP contribution is -2.08. The van der Waals surface area contributed by atoms with Crippen molar-refractivity contribution in [2.24, 2.45) is 0 Å². The van der Waals surface area contributed by atoms with Crippen molar-refractivity contribution >= 4 is 21.6 Å². The van der Waals surface area contributed by atoms with Crippen LogP contribution in [0.3, 0.4) is 0 Å². The van der Waals surface area contributed by atoms with Gasteiger partial charge < -0.3 is 5.73 Å². The fraction of sp³-hybridized carbons (Fsp3) is 0.250. The van der Waals surface area contributed by atoms with Gasteiger partial charge in [0.15, 0.2) is 0 Å². The van der Waals surface area contributed by atoms with Crippen molar-refractivity contribution in [3.05, 3.63) is 29.3 Å². The van der Waals surface area contributed by atoms with Gasteiger partial charge >= 0.3 is 6.18 Å². The van der Waals surface area contributed by atoms with Gasteiger partial charge in [-0.05, 0) is 17.7 Å². The normalized spacial score (nSPS) is 11.7. The smallest absolute Gasteiger partial charge is 0.398 e. The van der Waals surface area contributed by atoms with Gasteiger partial charge in [0.2, 0.25) is 0 Å². The van der Waals surface area contributed by atoms with E-state index in [9.17, 15) is 13.2 Å². The highest BCUT2D eigenvalue weighted by Crippen LogP contribution is 2.33. The maximum absolute atomic E-state index is 12.2. The third kappa shape index (κ3) is 2.37.